The summed E-state index contributed by atoms with van der Waals surface area (Å²) in [7, 11) is 0. The summed E-state index contributed by atoms with van der Waals surface area (Å²) in [6.07, 6.45) is -0.976. The van der Waals surface area contributed by atoms with E-state index in [1.54, 1.807) is 51.7 Å². The van der Waals surface area contributed by atoms with Gasteiger partial charge in [-0.15, -0.1) is 0 Å². The highest BCUT2D eigenvalue weighted by Crippen LogP contribution is 2.25. The second kappa shape index (κ2) is 20.3. The van der Waals surface area contributed by atoms with Crippen molar-refractivity contribution in [2.75, 3.05) is 13.1 Å². The van der Waals surface area contributed by atoms with Crippen LogP contribution >= 0.6 is 0 Å². The van der Waals surface area contributed by atoms with Gasteiger partial charge in [-0.1, -0.05) is 26.0 Å². The number of fused-ring (bicyclic) bond motifs is 2. The molecule has 9 N–H and O–H groups in total. The number of carboxylic acids is 1. The van der Waals surface area contributed by atoms with Crippen LogP contribution in [0.2, 0.25) is 0 Å². The van der Waals surface area contributed by atoms with E-state index in [0.717, 1.165) is 0 Å². The Labute approximate surface area is 350 Å². The third-order valence-electron chi connectivity index (χ3n) is 10.8. The quantitative estimate of drug-likeness (QED) is 0.153. The van der Waals surface area contributed by atoms with Crippen LogP contribution in [0.4, 0.5) is 0 Å². The first-order valence-electron chi connectivity index (χ1n) is 20.6. The summed E-state index contributed by atoms with van der Waals surface area (Å²) in [5.74, 6) is -6.93. The van der Waals surface area contributed by atoms with Gasteiger partial charge in [-0.05, 0) is 96.9 Å². The summed E-state index contributed by atoms with van der Waals surface area (Å²) in [6, 6.07) is -4.06. The fourth-order valence-corrected chi connectivity index (χ4v) is 8.03. The number of aliphatic carboxylic acids is 1. The minimum Gasteiger partial charge on any atom is -0.508 e. The molecule has 0 bridgehead atoms. The number of benzene rings is 1. The lowest BCUT2D eigenvalue weighted by atomic mass is 10.0. The molecule has 0 saturated carbocycles. The fourth-order valence-electron chi connectivity index (χ4n) is 8.03. The maximum atomic E-state index is 14.6. The van der Waals surface area contributed by atoms with Crippen molar-refractivity contribution >= 4 is 47.3 Å². The molecule has 19 nitrogen and oxygen atoms in total. The Morgan fingerprint density at radius 2 is 1.35 bits per heavy atom. The maximum Gasteiger partial charge on any atom is 0.305 e. The van der Waals surface area contributed by atoms with Crippen LogP contribution in [0, 0.1) is 5.92 Å². The van der Waals surface area contributed by atoms with E-state index < -0.39 is 114 Å². The second-order valence-corrected chi connectivity index (χ2v) is 17.6. The third kappa shape index (κ3) is 12.6. The molecule has 0 spiro atoms. The number of aromatic hydroxyl groups is 1. The summed E-state index contributed by atoms with van der Waals surface area (Å²) in [5, 5.41) is 46.4. The van der Waals surface area contributed by atoms with Crippen LogP contribution in [0.25, 0.3) is 0 Å². The van der Waals surface area contributed by atoms with E-state index in [1.165, 1.54) is 30.9 Å². The third-order valence-corrected chi connectivity index (χ3v) is 10.8. The van der Waals surface area contributed by atoms with Crippen LogP contribution in [0.15, 0.2) is 24.3 Å². The molecule has 19 heteroatoms. The molecule has 0 radical (unpaired) electrons. The molecule has 332 valence electrons. The monoisotopic (exact) mass is 842 g/mol. The first-order chi connectivity index (χ1) is 28.1. The number of hydrogen-bond donors (Lipinski definition) is 9. The van der Waals surface area contributed by atoms with Crippen molar-refractivity contribution in [2.24, 2.45) is 5.92 Å². The largest absolute Gasteiger partial charge is 0.508 e. The molecule has 4 rings (SSSR count). The number of rotatable bonds is 8. The molecule has 60 heavy (non-hydrogen) atoms. The van der Waals surface area contributed by atoms with Gasteiger partial charge in [-0.25, -0.2) is 0 Å². The maximum absolute atomic E-state index is 14.6. The molecule has 1 unspecified atom stereocenters. The molecule has 3 aliphatic heterocycles. The number of carbonyl (C=O) groups excluding carboxylic acids is 7. The van der Waals surface area contributed by atoms with E-state index in [9.17, 15) is 53.7 Å². The molecule has 7 amide bonds. The van der Waals surface area contributed by atoms with E-state index >= 15 is 0 Å². The van der Waals surface area contributed by atoms with Gasteiger partial charge < -0.3 is 52.1 Å². The zero-order chi connectivity index (χ0) is 44.6. The summed E-state index contributed by atoms with van der Waals surface area (Å²) in [5.41, 5.74) is -0.145. The van der Waals surface area contributed by atoms with Gasteiger partial charge in [0.05, 0.1) is 24.6 Å². The lowest BCUT2D eigenvalue weighted by Gasteiger charge is -2.38. The van der Waals surface area contributed by atoms with Gasteiger partial charge in [-0.3, -0.25) is 43.3 Å². The number of phenolic OH excluding ortho intramolecular Hbond substituents is 1. The molecule has 0 aromatic heterocycles. The topological polar surface area (TPSA) is 276 Å². The summed E-state index contributed by atoms with van der Waals surface area (Å²) >= 11 is 0. The average molecular weight is 843 g/mol. The van der Waals surface area contributed by atoms with Crippen molar-refractivity contribution in [3.8, 4) is 5.75 Å². The molecule has 3 saturated heterocycles. The van der Waals surface area contributed by atoms with Gasteiger partial charge in [0, 0.05) is 18.5 Å². The number of phenols is 1. The van der Waals surface area contributed by atoms with Crippen molar-refractivity contribution in [3.63, 3.8) is 0 Å². The van der Waals surface area contributed by atoms with Crippen LogP contribution in [-0.2, 0) is 44.8 Å². The zero-order valence-electron chi connectivity index (χ0n) is 35.4. The van der Waals surface area contributed by atoms with E-state index in [1.807, 2.05) is 0 Å². The minimum atomic E-state index is -1.75. The lowest BCUT2D eigenvalue weighted by Crippen LogP contribution is -2.65. The highest BCUT2D eigenvalue weighted by Gasteiger charge is 2.45. The van der Waals surface area contributed by atoms with Crippen LogP contribution in [0.5, 0.6) is 5.75 Å². The molecule has 9 atom stereocenters. The minimum absolute atomic E-state index is 0.00567. The predicted molar refractivity (Wildman–Crippen MR) is 217 cm³/mol. The highest BCUT2D eigenvalue weighted by atomic mass is 16.4. The zero-order valence-corrected chi connectivity index (χ0v) is 35.4. The lowest BCUT2D eigenvalue weighted by molar-refractivity contribution is -0.143. The molecule has 0 aliphatic carbocycles. The van der Waals surface area contributed by atoms with Crippen molar-refractivity contribution in [1.29, 1.82) is 0 Å². The van der Waals surface area contributed by atoms with Crippen LogP contribution in [-0.4, -0.2) is 146 Å². The van der Waals surface area contributed by atoms with Gasteiger partial charge in [0.25, 0.3) is 0 Å². The van der Waals surface area contributed by atoms with Crippen molar-refractivity contribution in [1.82, 2.24) is 41.7 Å². The second-order valence-electron chi connectivity index (χ2n) is 17.6. The fraction of sp³-hybridized carbons (Fsp3) is 0.659. The Morgan fingerprint density at radius 1 is 0.783 bits per heavy atom. The summed E-state index contributed by atoms with van der Waals surface area (Å²) < 4.78 is 0. The number of carbonyl (C=O) groups is 8. The van der Waals surface area contributed by atoms with E-state index in [0.29, 0.717) is 18.4 Å². The van der Waals surface area contributed by atoms with Crippen LogP contribution in [0.1, 0.15) is 92.6 Å². The van der Waals surface area contributed by atoms with Gasteiger partial charge in [0.15, 0.2) is 0 Å². The number of aliphatic hydroxyl groups excluding tert-OH is 1. The predicted octanol–water partition coefficient (Wildman–Crippen LogP) is -0.967. The number of amides is 7. The van der Waals surface area contributed by atoms with Gasteiger partial charge in [0.1, 0.15) is 42.0 Å². The Morgan fingerprint density at radius 3 is 1.95 bits per heavy atom. The van der Waals surface area contributed by atoms with Crippen LogP contribution in [0.3, 0.4) is 0 Å². The summed E-state index contributed by atoms with van der Waals surface area (Å²) in [6.45, 7) is 12.0. The first kappa shape index (κ1) is 47.4. The average Bonchev–Trinajstić information content (AvgIpc) is 3.83. The molecule has 1 aromatic rings. The molecular weight excluding hydrogens is 780 g/mol. The number of hydrogen-bond acceptors (Lipinski definition) is 11. The van der Waals surface area contributed by atoms with E-state index in [4.69, 9.17) is 0 Å². The smallest absolute Gasteiger partial charge is 0.305 e. The van der Waals surface area contributed by atoms with Crippen LogP contribution < -0.4 is 31.9 Å². The number of carboxylic acid groups (broad SMARTS) is 1. The van der Waals surface area contributed by atoms with Crippen molar-refractivity contribution < 1.29 is 53.7 Å². The Kier molecular flexibility index (Phi) is 16.0. The van der Waals surface area contributed by atoms with Gasteiger partial charge >= 0.3 is 5.97 Å². The number of aliphatic hydroxyl groups is 1. The SMILES string of the molecule is CC(C)C[C@@H]1NC(=O)[C@H]2CCCN2C(=O)[C@H](Cc2ccc(O)cc2)NC(=O)[C@@H]2CCCN2C(C(=O)NC(C)(C)C)[C@H](C)NC(=O)[C@H]([C@@H](C)O)NC(=O)[C@H](CC(=O)O)NC1=O. The molecule has 3 heterocycles. The first-order valence-corrected chi connectivity index (χ1v) is 20.6. The molecule has 1 aromatic carbocycles. The van der Waals surface area contributed by atoms with Crippen molar-refractivity contribution in [3.05, 3.63) is 29.8 Å². The Bertz CT molecular complexity index is 1760. The van der Waals surface area contributed by atoms with Gasteiger partial charge in [0.2, 0.25) is 41.4 Å². The van der Waals surface area contributed by atoms with E-state index in [-0.39, 0.29) is 50.4 Å². The van der Waals surface area contributed by atoms with Crippen molar-refractivity contribution in [2.45, 2.75) is 153 Å². The Balaban J connectivity index is 1.83. The van der Waals surface area contributed by atoms with E-state index in [2.05, 4.69) is 31.9 Å². The number of nitrogens with zero attached hydrogens (tertiary/aromatic N) is 2. The Hall–Kier alpha value is -5.30. The molecule has 3 aliphatic rings. The molecular formula is C41H62N8O11. The standard InChI is InChI=1S/C41H62N8O11/c1-21(2)18-26-34(54)43-27(20-31(52)53)35(55)46-32(23(4)50)38(58)42-22(3)33(39(59)47-41(5,6)7)48-16-8-10-29(48)36(56)45-28(19-24-12-14-25(51)15-13-24)40(60)49-17-9-11-30(49)37(57)44-26/h12-15,21-23,26-30,32-33,50-51H,8-11,16-20H2,1-7H3,(H,42,58)(H,43,54)(H,44,57)(H,45,56)(H,46,55)(H,47,59)(H,52,53)/t22-,23+,26-,27-,28-,29-,30+,32-,33?/m0/s1. The highest BCUT2D eigenvalue weighted by molar-refractivity contribution is 5.98. The van der Waals surface area contributed by atoms with Gasteiger partial charge in [-0.2, -0.15) is 0 Å². The number of nitrogens with one attached hydrogen (secondary N) is 6. The normalized spacial score (nSPS) is 28.6. The summed E-state index contributed by atoms with van der Waals surface area (Å²) in [4.78, 5) is 113. The molecule has 3 fully saturated rings.